The Morgan fingerprint density at radius 1 is 1.19 bits per heavy atom. The molecule has 26 heavy (non-hydrogen) atoms. The number of hydrogen-bond acceptors (Lipinski definition) is 6. The maximum absolute atomic E-state index is 12.1. The average Bonchev–Trinajstić information content (AvgIpc) is 2.69. The smallest absolute Gasteiger partial charge is 0.338 e. The van der Waals surface area contributed by atoms with Crippen molar-refractivity contribution in [1.29, 1.82) is 0 Å². The van der Waals surface area contributed by atoms with Crippen LogP contribution in [0.2, 0.25) is 5.15 Å². The molecule has 1 aliphatic rings. The van der Waals surface area contributed by atoms with Crippen LogP contribution in [0.15, 0.2) is 42.6 Å². The lowest BCUT2D eigenvalue weighted by molar-refractivity contribution is -0.119. The van der Waals surface area contributed by atoms with Crippen molar-refractivity contribution in [1.82, 2.24) is 4.98 Å². The molecule has 3 rings (SSSR count). The van der Waals surface area contributed by atoms with Crippen molar-refractivity contribution >= 4 is 52.7 Å². The van der Waals surface area contributed by atoms with Gasteiger partial charge in [0.1, 0.15) is 0 Å². The number of anilines is 1. The fourth-order valence-corrected chi connectivity index (χ4v) is 5.40. The molecule has 8 heteroatoms. The van der Waals surface area contributed by atoms with Crippen molar-refractivity contribution in [3.8, 4) is 0 Å². The molecule has 1 fully saturated rings. The number of hydrogen-bond donors (Lipinski definition) is 1. The lowest BCUT2D eigenvalue weighted by Gasteiger charge is -2.21. The second-order valence-corrected chi connectivity index (χ2v) is 8.60. The van der Waals surface area contributed by atoms with Crippen molar-refractivity contribution in [3.63, 3.8) is 0 Å². The van der Waals surface area contributed by atoms with Gasteiger partial charge in [0, 0.05) is 6.20 Å². The van der Waals surface area contributed by atoms with Gasteiger partial charge in [0.25, 0.3) is 5.91 Å². The summed E-state index contributed by atoms with van der Waals surface area (Å²) in [6, 6.07) is 10.6. The number of pyridine rings is 1. The van der Waals surface area contributed by atoms with Crippen molar-refractivity contribution in [2.24, 2.45) is 0 Å². The minimum Gasteiger partial charge on any atom is -0.452 e. The first-order chi connectivity index (χ1) is 12.6. The first-order valence-corrected chi connectivity index (χ1v) is 10.5. The first-order valence-electron chi connectivity index (χ1n) is 8.04. The zero-order valence-electron chi connectivity index (χ0n) is 13.8. The Hall–Kier alpha value is -1.70. The summed E-state index contributed by atoms with van der Waals surface area (Å²) in [5.74, 6) is 1.32. The lowest BCUT2D eigenvalue weighted by atomic mass is 10.1. The molecular formula is C18H17ClN2O3S2. The number of thioether (sulfide) groups is 2. The number of carbonyl (C=O) groups is 2. The number of aromatic nitrogens is 1. The summed E-state index contributed by atoms with van der Waals surface area (Å²) >= 11 is 9.72. The summed E-state index contributed by atoms with van der Waals surface area (Å²) in [5, 5.41) is 2.73. The van der Waals surface area contributed by atoms with Crippen LogP contribution >= 0.6 is 35.1 Å². The predicted molar refractivity (Wildman–Crippen MR) is 107 cm³/mol. The summed E-state index contributed by atoms with van der Waals surface area (Å²) in [6.45, 7) is -0.389. The summed E-state index contributed by atoms with van der Waals surface area (Å²) in [4.78, 5) is 27.8. The lowest BCUT2D eigenvalue weighted by Crippen LogP contribution is -2.21. The number of nitrogens with zero attached hydrogens (tertiary/aromatic N) is 1. The Balaban J connectivity index is 1.51. The van der Waals surface area contributed by atoms with E-state index in [0.29, 0.717) is 15.8 Å². The number of esters is 1. The second-order valence-electron chi connectivity index (χ2n) is 5.52. The van der Waals surface area contributed by atoms with Crippen LogP contribution in [0, 0.1) is 0 Å². The highest BCUT2D eigenvalue weighted by atomic mass is 35.5. The molecule has 0 unspecified atom stereocenters. The SMILES string of the molecule is O=C(COC(=O)c1ccc(C2SCCCS2)cc1)Nc1cccnc1Cl. The van der Waals surface area contributed by atoms with E-state index in [0.717, 1.165) is 11.5 Å². The number of halogens is 1. The zero-order chi connectivity index (χ0) is 18.4. The van der Waals surface area contributed by atoms with Gasteiger partial charge >= 0.3 is 5.97 Å². The molecule has 0 atom stereocenters. The van der Waals surface area contributed by atoms with E-state index < -0.39 is 11.9 Å². The van der Waals surface area contributed by atoms with E-state index >= 15 is 0 Å². The summed E-state index contributed by atoms with van der Waals surface area (Å²) in [5.41, 5.74) is 1.99. The molecule has 1 saturated heterocycles. The Morgan fingerprint density at radius 2 is 1.92 bits per heavy atom. The largest absolute Gasteiger partial charge is 0.452 e. The highest BCUT2D eigenvalue weighted by Crippen LogP contribution is 2.43. The Bertz CT molecular complexity index is 780. The minimum atomic E-state index is -0.534. The molecule has 0 bridgehead atoms. The van der Waals surface area contributed by atoms with Crippen molar-refractivity contribution < 1.29 is 14.3 Å². The molecule has 0 radical (unpaired) electrons. The third-order valence-electron chi connectivity index (χ3n) is 3.61. The molecule has 1 amide bonds. The van der Waals surface area contributed by atoms with Crippen molar-refractivity contribution in [2.75, 3.05) is 23.4 Å². The van der Waals surface area contributed by atoms with Gasteiger partial charge in [0.05, 0.1) is 15.8 Å². The molecule has 1 aromatic carbocycles. The van der Waals surface area contributed by atoms with Crippen LogP contribution in [-0.2, 0) is 9.53 Å². The molecule has 1 aliphatic heterocycles. The number of carbonyl (C=O) groups excluding carboxylic acids is 2. The van der Waals surface area contributed by atoms with Gasteiger partial charge in [-0.25, -0.2) is 9.78 Å². The quantitative estimate of drug-likeness (QED) is 0.584. The van der Waals surface area contributed by atoms with E-state index in [1.165, 1.54) is 18.2 Å². The zero-order valence-corrected chi connectivity index (χ0v) is 16.2. The molecule has 5 nitrogen and oxygen atoms in total. The Labute approximate surface area is 165 Å². The summed E-state index contributed by atoms with van der Waals surface area (Å²) in [6.07, 6.45) is 2.76. The fraction of sp³-hybridized carbons (Fsp3) is 0.278. The third-order valence-corrected chi connectivity index (χ3v) is 6.93. The fourth-order valence-electron chi connectivity index (χ4n) is 2.34. The van der Waals surface area contributed by atoms with Gasteiger partial charge in [-0.2, -0.15) is 0 Å². The van der Waals surface area contributed by atoms with E-state index in [1.807, 2.05) is 35.7 Å². The van der Waals surface area contributed by atoms with Gasteiger partial charge in [0.2, 0.25) is 0 Å². The molecule has 2 heterocycles. The normalized spacial score (nSPS) is 14.7. The van der Waals surface area contributed by atoms with Crippen LogP contribution in [0.1, 0.15) is 26.9 Å². The number of rotatable bonds is 5. The van der Waals surface area contributed by atoms with Gasteiger partial charge in [-0.05, 0) is 47.8 Å². The molecule has 0 spiro atoms. The van der Waals surface area contributed by atoms with Crippen LogP contribution in [0.3, 0.4) is 0 Å². The monoisotopic (exact) mass is 408 g/mol. The number of benzene rings is 1. The van der Waals surface area contributed by atoms with Crippen LogP contribution in [-0.4, -0.2) is 35.0 Å². The minimum absolute atomic E-state index is 0.182. The van der Waals surface area contributed by atoms with Gasteiger partial charge < -0.3 is 10.1 Å². The van der Waals surface area contributed by atoms with Crippen LogP contribution in [0.25, 0.3) is 0 Å². The molecule has 1 aromatic heterocycles. The molecular weight excluding hydrogens is 392 g/mol. The Morgan fingerprint density at radius 3 is 2.62 bits per heavy atom. The highest BCUT2D eigenvalue weighted by molar-refractivity contribution is 8.16. The number of amides is 1. The average molecular weight is 409 g/mol. The van der Waals surface area contributed by atoms with E-state index in [9.17, 15) is 9.59 Å². The van der Waals surface area contributed by atoms with Crippen LogP contribution in [0.5, 0.6) is 0 Å². The van der Waals surface area contributed by atoms with Crippen molar-refractivity contribution in [2.45, 2.75) is 11.0 Å². The van der Waals surface area contributed by atoms with Crippen LogP contribution in [0.4, 0.5) is 5.69 Å². The maximum Gasteiger partial charge on any atom is 0.338 e. The topological polar surface area (TPSA) is 68.3 Å². The molecule has 2 aromatic rings. The van der Waals surface area contributed by atoms with Crippen molar-refractivity contribution in [3.05, 3.63) is 58.9 Å². The van der Waals surface area contributed by atoms with Gasteiger partial charge in [-0.15, -0.1) is 23.5 Å². The molecule has 1 N–H and O–H groups in total. The standard InChI is InChI=1S/C18H17ClN2O3S2/c19-16-14(3-1-8-20-16)21-15(22)11-24-17(23)12-4-6-13(7-5-12)18-25-9-2-10-26-18/h1,3-8,18H,2,9-11H2,(H,21,22). The maximum atomic E-state index is 12.1. The number of nitrogens with one attached hydrogen (secondary N) is 1. The second kappa shape index (κ2) is 9.30. The molecule has 136 valence electrons. The Kier molecular flexibility index (Phi) is 6.82. The van der Waals surface area contributed by atoms with Crippen LogP contribution < -0.4 is 5.32 Å². The van der Waals surface area contributed by atoms with E-state index in [2.05, 4.69) is 10.3 Å². The summed E-state index contributed by atoms with van der Waals surface area (Å²) in [7, 11) is 0. The first kappa shape index (κ1) is 19.1. The highest BCUT2D eigenvalue weighted by Gasteiger charge is 2.17. The van der Waals surface area contributed by atoms with Gasteiger partial charge in [0.15, 0.2) is 11.8 Å². The van der Waals surface area contributed by atoms with E-state index in [-0.39, 0.29) is 11.8 Å². The van der Waals surface area contributed by atoms with E-state index in [1.54, 1.807) is 24.3 Å². The van der Waals surface area contributed by atoms with Gasteiger partial charge in [-0.3, -0.25) is 4.79 Å². The molecule has 0 saturated carbocycles. The van der Waals surface area contributed by atoms with E-state index in [4.69, 9.17) is 16.3 Å². The molecule has 0 aliphatic carbocycles. The predicted octanol–water partition coefficient (Wildman–Crippen LogP) is 4.40. The van der Waals surface area contributed by atoms with Gasteiger partial charge in [-0.1, -0.05) is 23.7 Å². The number of ether oxygens (including phenoxy) is 1. The summed E-state index contributed by atoms with van der Waals surface area (Å²) < 4.78 is 5.48. The third kappa shape index (κ3) is 5.16.